The first-order valence-electron chi connectivity index (χ1n) is 8.64. The number of nitrogens with zero attached hydrogens (tertiary/aromatic N) is 2. The number of piperazine rings is 1. The van der Waals surface area contributed by atoms with Crippen molar-refractivity contribution < 1.29 is 13.9 Å². The number of nitrogens with one attached hydrogen (secondary N) is 1. The molecule has 24 heavy (non-hydrogen) atoms. The molecule has 5 nitrogen and oxygen atoms in total. The summed E-state index contributed by atoms with van der Waals surface area (Å²) in [6, 6.07) is 7.91. The van der Waals surface area contributed by atoms with Crippen molar-refractivity contribution in [2.24, 2.45) is 5.41 Å². The number of carbonyl (C=O) groups is 1. The van der Waals surface area contributed by atoms with Gasteiger partial charge in [0.05, 0.1) is 18.2 Å². The minimum Gasteiger partial charge on any atom is -0.495 e. The molecule has 0 saturated carbocycles. The zero-order valence-corrected chi connectivity index (χ0v) is 14.3. The van der Waals surface area contributed by atoms with Crippen LogP contribution in [0.4, 0.5) is 10.1 Å². The summed E-state index contributed by atoms with van der Waals surface area (Å²) in [6.07, 6.45) is 1.50. The van der Waals surface area contributed by atoms with Gasteiger partial charge in [0.25, 0.3) is 0 Å². The van der Waals surface area contributed by atoms with E-state index in [4.69, 9.17) is 4.74 Å². The van der Waals surface area contributed by atoms with Crippen LogP contribution >= 0.6 is 0 Å². The third-order valence-corrected chi connectivity index (χ3v) is 5.17. The summed E-state index contributed by atoms with van der Waals surface area (Å²) in [5, 5.41) is 3.18. The lowest BCUT2D eigenvalue weighted by atomic mass is 9.80. The zero-order chi connectivity index (χ0) is 17.0. The van der Waals surface area contributed by atoms with Crippen molar-refractivity contribution >= 4 is 11.6 Å². The van der Waals surface area contributed by atoms with Gasteiger partial charge < -0.3 is 19.9 Å². The minimum atomic E-state index is -0.856. The second-order valence-electron chi connectivity index (χ2n) is 6.65. The van der Waals surface area contributed by atoms with Gasteiger partial charge in [-0.25, -0.2) is 4.39 Å². The van der Waals surface area contributed by atoms with Crippen LogP contribution in [-0.4, -0.2) is 63.9 Å². The van der Waals surface area contributed by atoms with Gasteiger partial charge in [-0.05, 0) is 31.5 Å². The first-order valence-corrected chi connectivity index (χ1v) is 8.64. The van der Waals surface area contributed by atoms with E-state index in [2.05, 4.69) is 10.2 Å². The number of hydrogen-bond acceptors (Lipinski definition) is 4. The van der Waals surface area contributed by atoms with E-state index in [9.17, 15) is 9.18 Å². The summed E-state index contributed by atoms with van der Waals surface area (Å²) >= 11 is 0. The normalized spacial score (nSPS) is 24.8. The maximum Gasteiger partial charge on any atom is 0.232 e. The quantitative estimate of drug-likeness (QED) is 0.909. The second kappa shape index (κ2) is 7.38. The predicted octanol–water partition coefficient (Wildman–Crippen LogP) is 1.68. The molecule has 1 unspecified atom stereocenters. The van der Waals surface area contributed by atoms with Crippen LogP contribution < -0.4 is 15.0 Å². The van der Waals surface area contributed by atoms with E-state index in [1.165, 1.54) is 0 Å². The Balaban J connectivity index is 1.65. The molecule has 0 spiro atoms. The Morgan fingerprint density at radius 1 is 1.29 bits per heavy atom. The van der Waals surface area contributed by atoms with Crippen LogP contribution in [0.5, 0.6) is 5.75 Å². The van der Waals surface area contributed by atoms with Gasteiger partial charge in [-0.2, -0.15) is 0 Å². The highest BCUT2D eigenvalue weighted by Crippen LogP contribution is 2.32. The molecule has 1 N–H and O–H groups in total. The Kier molecular flexibility index (Phi) is 5.23. The maximum atomic E-state index is 13.7. The molecular formula is C18H26FN3O2. The molecule has 2 aliphatic rings. The van der Waals surface area contributed by atoms with Gasteiger partial charge in [0.1, 0.15) is 12.4 Å². The van der Waals surface area contributed by atoms with E-state index in [-0.39, 0.29) is 5.91 Å². The van der Waals surface area contributed by atoms with Crippen molar-refractivity contribution in [1.82, 2.24) is 10.2 Å². The standard InChI is InChI=1S/C18H26FN3O2/c1-24-16-6-3-2-5-15(16)21-9-11-22(12-10-21)17(23)18(13-19)7-4-8-20-14-18/h2-3,5-6,20H,4,7-14H2,1H3. The number of alkyl halides is 1. The van der Waals surface area contributed by atoms with E-state index in [1.54, 1.807) is 7.11 Å². The summed E-state index contributed by atoms with van der Waals surface area (Å²) in [5.74, 6) is 0.811. The molecule has 2 heterocycles. The number of carbonyl (C=O) groups excluding carboxylic acids is 1. The number of hydrogen-bond donors (Lipinski definition) is 1. The number of halogens is 1. The summed E-state index contributed by atoms with van der Waals surface area (Å²) in [4.78, 5) is 16.9. The van der Waals surface area contributed by atoms with Crippen LogP contribution in [0.3, 0.4) is 0 Å². The van der Waals surface area contributed by atoms with Crippen LogP contribution in [0, 0.1) is 5.41 Å². The summed E-state index contributed by atoms with van der Waals surface area (Å²) < 4.78 is 19.1. The van der Waals surface area contributed by atoms with Gasteiger partial charge >= 0.3 is 0 Å². The van der Waals surface area contributed by atoms with Gasteiger partial charge in [-0.1, -0.05) is 12.1 Å². The number of benzene rings is 1. The van der Waals surface area contributed by atoms with E-state index in [1.807, 2.05) is 29.2 Å². The lowest BCUT2D eigenvalue weighted by Crippen LogP contribution is -2.57. The molecule has 1 atom stereocenters. The van der Waals surface area contributed by atoms with Crippen LogP contribution in [-0.2, 0) is 4.79 Å². The molecule has 0 bridgehead atoms. The average Bonchev–Trinajstić information content (AvgIpc) is 2.68. The lowest BCUT2D eigenvalue weighted by molar-refractivity contribution is -0.144. The lowest BCUT2D eigenvalue weighted by Gasteiger charge is -2.42. The summed E-state index contributed by atoms with van der Waals surface area (Å²) in [7, 11) is 1.67. The molecule has 1 amide bonds. The number of ether oxygens (including phenoxy) is 1. The van der Waals surface area contributed by atoms with Crippen LogP contribution in [0.25, 0.3) is 0 Å². The largest absolute Gasteiger partial charge is 0.495 e. The highest BCUT2D eigenvalue weighted by molar-refractivity contribution is 5.83. The second-order valence-corrected chi connectivity index (χ2v) is 6.65. The van der Waals surface area contributed by atoms with Crippen molar-refractivity contribution in [3.63, 3.8) is 0 Å². The van der Waals surface area contributed by atoms with Gasteiger partial charge in [0.15, 0.2) is 0 Å². The fourth-order valence-corrected chi connectivity index (χ4v) is 3.70. The van der Waals surface area contributed by atoms with Gasteiger partial charge in [0.2, 0.25) is 5.91 Å². The third kappa shape index (κ3) is 3.20. The van der Waals surface area contributed by atoms with E-state index >= 15 is 0 Å². The van der Waals surface area contributed by atoms with Crippen LogP contribution in [0.15, 0.2) is 24.3 Å². The molecule has 1 aromatic carbocycles. The van der Waals surface area contributed by atoms with Gasteiger partial charge in [-0.15, -0.1) is 0 Å². The molecule has 0 radical (unpaired) electrons. The number of amides is 1. The summed E-state index contributed by atoms with van der Waals surface area (Å²) in [5.41, 5.74) is 0.192. The van der Waals surface area contributed by atoms with E-state index < -0.39 is 12.1 Å². The highest BCUT2D eigenvalue weighted by Gasteiger charge is 2.43. The molecule has 3 rings (SSSR count). The number of anilines is 1. The molecular weight excluding hydrogens is 309 g/mol. The average molecular weight is 335 g/mol. The number of methoxy groups -OCH3 is 1. The molecule has 2 aliphatic heterocycles. The first-order chi connectivity index (χ1) is 11.7. The number of para-hydroxylation sites is 2. The fraction of sp³-hybridized carbons (Fsp3) is 0.611. The highest BCUT2D eigenvalue weighted by atomic mass is 19.1. The van der Waals surface area contributed by atoms with Crippen molar-refractivity contribution in [1.29, 1.82) is 0 Å². The monoisotopic (exact) mass is 335 g/mol. The Labute approximate surface area is 142 Å². The Hall–Kier alpha value is -1.82. The molecule has 0 aromatic heterocycles. The van der Waals surface area contributed by atoms with Gasteiger partial charge in [0, 0.05) is 32.7 Å². The van der Waals surface area contributed by atoms with Crippen molar-refractivity contribution in [2.45, 2.75) is 12.8 Å². The Morgan fingerprint density at radius 3 is 2.67 bits per heavy atom. The molecule has 2 fully saturated rings. The number of rotatable bonds is 4. The minimum absolute atomic E-state index is 0.0307. The Bertz CT molecular complexity index is 567. The maximum absolute atomic E-state index is 13.7. The smallest absolute Gasteiger partial charge is 0.232 e. The summed E-state index contributed by atoms with van der Waals surface area (Å²) in [6.45, 7) is 3.47. The molecule has 2 saturated heterocycles. The molecule has 1 aromatic rings. The predicted molar refractivity (Wildman–Crippen MR) is 92.3 cm³/mol. The first kappa shape index (κ1) is 17.0. The van der Waals surface area contributed by atoms with Crippen LogP contribution in [0.1, 0.15) is 12.8 Å². The third-order valence-electron chi connectivity index (χ3n) is 5.17. The van der Waals surface area contributed by atoms with Crippen LogP contribution in [0.2, 0.25) is 0 Å². The Morgan fingerprint density at radius 2 is 2.04 bits per heavy atom. The fourth-order valence-electron chi connectivity index (χ4n) is 3.70. The van der Waals surface area contributed by atoms with Crippen molar-refractivity contribution in [3.05, 3.63) is 24.3 Å². The van der Waals surface area contributed by atoms with Gasteiger partial charge in [-0.3, -0.25) is 4.79 Å². The molecule has 132 valence electrons. The van der Waals surface area contributed by atoms with Crippen molar-refractivity contribution in [2.75, 3.05) is 58.0 Å². The zero-order valence-electron chi connectivity index (χ0n) is 14.3. The topological polar surface area (TPSA) is 44.8 Å². The van der Waals surface area contributed by atoms with E-state index in [0.717, 1.165) is 37.5 Å². The molecule has 6 heteroatoms. The van der Waals surface area contributed by atoms with E-state index in [0.29, 0.717) is 26.1 Å². The SMILES string of the molecule is COc1ccccc1N1CCN(C(=O)C2(CF)CCCNC2)CC1. The number of piperidine rings is 1. The molecule has 0 aliphatic carbocycles. The van der Waals surface area contributed by atoms with Crippen molar-refractivity contribution in [3.8, 4) is 5.75 Å².